The lowest BCUT2D eigenvalue weighted by molar-refractivity contribution is -0.870. The van der Waals surface area contributed by atoms with Gasteiger partial charge in [0.2, 0.25) is 0 Å². The van der Waals surface area contributed by atoms with Crippen LogP contribution < -0.4 is 0 Å². The van der Waals surface area contributed by atoms with Crippen LogP contribution in [0.3, 0.4) is 0 Å². The smallest absolute Gasteiger partial charge is 0.463 e. The van der Waals surface area contributed by atoms with E-state index in [0.29, 0.717) is 17.4 Å². The number of quaternary nitrogens is 1. The monoisotopic (exact) mass is 797 g/mol. The zero-order valence-corrected chi connectivity index (χ0v) is 37.0. The molecule has 0 saturated heterocycles. The minimum Gasteiger partial charge on any atom is -0.463 e. The molecule has 55 heavy (non-hydrogen) atoms. The molecule has 0 bridgehead atoms. The number of unbranched alkanes of at least 4 members (excludes halogenated alkanes) is 22. The van der Waals surface area contributed by atoms with Crippen molar-refractivity contribution in [3.8, 4) is 0 Å². The topological polar surface area (TPSA) is 102 Å². The summed E-state index contributed by atoms with van der Waals surface area (Å²) in [6.45, 7) is 2.05. The fourth-order valence-corrected chi connectivity index (χ4v) is 6.87. The van der Waals surface area contributed by atoms with Gasteiger partial charge in [-0.15, -0.1) is 0 Å². The molecule has 2 unspecified atom stereocenters. The van der Waals surface area contributed by atoms with Gasteiger partial charge >= 0.3 is 13.8 Å². The quantitative estimate of drug-likeness (QED) is 0.0209. The Kier molecular flexibility index (Phi) is 38.2. The Bertz CT molecular complexity index is 1020. The predicted octanol–water partition coefficient (Wildman–Crippen LogP) is 12.9. The highest BCUT2D eigenvalue weighted by molar-refractivity contribution is 7.47. The first-order valence-corrected chi connectivity index (χ1v) is 23.9. The van der Waals surface area contributed by atoms with Crippen LogP contribution in [-0.2, 0) is 23.1 Å². The van der Waals surface area contributed by atoms with E-state index < -0.39 is 20.5 Å². The average Bonchev–Trinajstić information content (AvgIpc) is 3.14. The van der Waals surface area contributed by atoms with E-state index in [0.717, 1.165) is 44.9 Å². The largest absolute Gasteiger partial charge is 0.472 e. The molecular formula is C46H87NO7P+. The molecule has 0 saturated carbocycles. The SMILES string of the molecule is CC/C=C\C/C=C\C/C=C\C/C=C\CCCCCCCCCCCCCCCCCCCCCCCCC(=O)OCC(O)COP(=O)(O)OCC[N+](C)(C)C. The van der Waals surface area contributed by atoms with E-state index in [-0.39, 0.29) is 19.2 Å². The van der Waals surface area contributed by atoms with Crippen LogP contribution in [0, 0.1) is 0 Å². The Morgan fingerprint density at radius 1 is 0.564 bits per heavy atom. The van der Waals surface area contributed by atoms with E-state index in [2.05, 4.69) is 55.5 Å². The fraction of sp³-hybridized carbons (Fsp3) is 0.804. The maximum atomic E-state index is 12.0. The first-order chi connectivity index (χ1) is 26.6. The summed E-state index contributed by atoms with van der Waals surface area (Å²) in [6, 6.07) is 0. The van der Waals surface area contributed by atoms with Crippen molar-refractivity contribution in [1.29, 1.82) is 0 Å². The summed E-state index contributed by atoms with van der Waals surface area (Å²) in [5, 5.41) is 9.92. The Morgan fingerprint density at radius 2 is 0.945 bits per heavy atom. The zero-order chi connectivity index (χ0) is 40.6. The second-order valence-electron chi connectivity index (χ2n) is 16.3. The average molecular weight is 797 g/mol. The van der Waals surface area contributed by atoms with Crippen molar-refractivity contribution < 1.29 is 37.6 Å². The van der Waals surface area contributed by atoms with Gasteiger partial charge in [-0.3, -0.25) is 13.8 Å². The number of phosphoric ester groups is 1. The molecule has 0 aromatic heterocycles. The molecule has 2 N–H and O–H groups in total. The number of nitrogens with zero attached hydrogens (tertiary/aromatic N) is 1. The van der Waals surface area contributed by atoms with Crippen LogP contribution in [0.25, 0.3) is 0 Å². The molecule has 0 radical (unpaired) electrons. The number of ether oxygens (including phenoxy) is 1. The van der Waals surface area contributed by atoms with Crippen LogP contribution in [0.5, 0.6) is 0 Å². The van der Waals surface area contributed by atoms with Crippen molar-refractivity contribution in [3.05, 3.63) is 48.6 Å². The minimum absolute atomic E-state index is 0.0550. The number of aliphatic hydroxyl groups excluding tert-OH is 1. The van der Waals surface area contributed by atoms with E-state index in [1.807, 2.05) is 21.1 Å². The van der Waals surface area contributed by atoms with Crippen molar-refractivity contribution >= 4 is 13.8 Å². The normalized spacial score (nSPS) is 14.2. The lowest BCUT2D eigenvalue weighted by Crippen LogP contribution is -2.37. The van der Waals surface area contributed by atoms with E-state index in [9.17, 15) is 19.4 Å². The molecule has 0 aromatic carbocycles. The molecule has 0 heterocycles. The molecule has 0 spiro atoms. The van der Waals surface area contributed by atoms with Gasteiger partial charge in [0.05, 0.1) is 27.7 Å². The van der Waals surface area contributed by atoms with Gasteiger partial charge in [0, 0.05) is 6.42 Å². The lowest BCUT2D eigenvalue weighted by Gasteiger charge is -2.24. The first-order valence-electron chi connectivity index (χ1n) is 22.4. The second-order valence-corrected chi connectivity index (χ2v) is 17.7. The highest BCUT2D eigenvalue weighted by Crippen LogP contribution is 2.43. The molecule has 0 aromatic rings. The molecule has 0 rings (SSSR count). The summed E-state index contributed by atoms with van der Waals surface area (Å²) >= 11 is 0. The molecule has 2 atom stereocenters. The summed E-state index contributed by atoms with van der Waals surface area (Å²) in [4.78, 5) is 21.7. The number of hydrogen-bond acceptors (Lipinski definition) is 6. The Labute approximate surface area is 339 Å². The molecule has 9 heteroatoms. The van der Waals surface area contributed by atoms with Crippen LogP contribution in [0.1, 0.15) is 187 Å². The number of hydrogen-bond donors (Lipinski definition) is 2. The van der Waals surface area contributed by atoms with Crippen molar-refractivity contribution in [2.45, 2.75) is 193 Å². The number of allylic oxidation sites excluding steroid dienone is 8. The number of carbonyl (C=O) groups is 1. The van der Waals surface area contributed by atoms with Gasteiger partial charge in [-0.25, -0.2) is 4.57 Å². The van der Waals surface area contributed by atoms with Crippen LogP contribution >= 0.6 is 7.82 Å². The maximum Gasteiger partial charge on any atom is 0.472 e. The second kappa shape index (κ2) is 39.3. The highest BCUT2D eigenvalue weighted by atomic mass is 31.2. The minimum atomic E-state index is -4.25. The number of rotatable bonds is 41. The van der Waals surface area contributed by atoms with Gasteiger partial charge < -0.3 is 19.2 Å². The van der Waals surface area contributed by atoms with Crippen LogP contribution in [-0.4, -0.2) is 74.1 Å². The summed E-state index contributed by atoms with van der Waals surface area (Å²) in [7, 11) is 1.57. The van der Waals surface area contributed by atoms with Gasteiger partial charge in [-0.2, -0.15) is 0 Å². The van der Waals surface area contributed by atoms with Crippen molar-refractivity contribution in [1.82, 2.24) is 0 Å². The van der Waals surface area contributed by atoms with Gasteiger partial charge in [0.1, 0.15) is 25.9 Å². The number of likely N-dealkylation sites (N-methyl/N-ethyl adjacent to an activating group) is 1. The van der Waals surface area contributed by atoms with Crippen LogP contribution in [0.2, 0.25) is 0 Å². The highest BCUT2D eigenvalue weighted by Gasteiger charge is 2.24. The Balaban J connectivity index is 3.35. The standard InChI is InChI=1S/C46H86NO7P/c1-5-6-7-8-9-10-11-12-13-14-15-16-17-18-19-20-21-22-23-24-25-26-27-28-29-30-31-32-33-34-35-36-37-38-39-40-46(49)52-43-45(48)44-54-55(50,51)53-42-41-47(2,3)4/h6-7,9-10,12-13,15-16,45,48H,5,8,11,14,17-44H2,1-4H3/p+1/b7-6-,10-9-,13-12-,16-15-. The fourth-order valence-electron chi connectivity index (χ4n) is 6.12. The van der Waals surface area contributed by atoms with Gasteiger partial charge in [0.25, 0.3) is 0 Å². The van der Waals surface area contributed by atoms with E-state index >= 15 is 0 Å². The van der Waals surface area contributed by atoms with Crippen LogP contribution in [0.15, 0.2) is 48.6 Å². The number of aliphatic hydroxyl groups is 1. The molecule has 0 aliphatic heterocycles. The van der Waals surface area contributed by atoms with Crippen molar-refractivity contribution in [3.63, 3.8) is 0 Å². The zero-order valence-electron chi connectivity index (χ0n) is 36.2. The van der Waals surface area contributed by atoms with Gasteiger partial charge in [-0.1, -0.05) is 184 Å². The summed E-state index contributed by atoms with van der Waals surface area (Å²) in [6.07, 6.45) is 51.7. The summed E-state index contributed by atoms with van der Waals surface area (Å²) < 4.78 is 27.3. The summed E-state index contributed by atoms with van der Waals surface area (Å²) in [5.41, 5.74) is 0. The van der Waals surface area contributed by atoms with E-state index in [1.165, 1.54) is 128 Å². The molecule has 0 amide bonds. The summed E-state index contributed by atoms with van der Waals surface area (Å²) in [5.74, 6) is -0.369. The Hall–Kier alpha value is -1.54. The van der Waals surface area contributed by atoms with E-state index in [1.54, 1.807) is 0 Å². The maximum absolute atomic E-state index is 12.0. The van der Waals surface area contributed by atoms with Crippen molar-refractivity contribution in [2.24, 2.45) is 0 Å². The number of esters is 1. The van der Waals surface area contributed by atoms with Crippen LogP contribution in [0.4, 0.5) is 0 Å². The molecule has 0 aliphatic carbocycles. The number of phosphoric acid groups is 1. The van der Waals surface area contributed by atoms with Crippen molar-refractivity contribution in [2.75, 3.05) is 47.5 Å². The van der Waals surface area contributed by atoms with Gasteiger partial charge in [-0.05, 0) is 44.9 Å². The molecule has 0 aliphatic rings. The lowest BCUT2D eigenvalue weighted by atomic mass is 10.0. The third-order valence-corrected chi connectivity index (χ3v) is 10.6. The van der Waals surface area contributed by atoms with E-state index in [4.69, 9.17) is 13.8 Å². The molecular weight excluding hydrogens is 709 g/mol. The van der Waals surface area contributed by atoms with Gasteiger partial charge in [0.15, 0.2) is 0 Å². The Morgan fingerprint density at radius 3 is 1.36 bits per heavy atom. The molecule has 322 valence electrons. The number of carbonyl (C=O) groups excluding carboxylic acids is 1. The molecule has 8 nitrogen and oxygen atoms in total. The predicted molar refractivity (Wildman–Crippen MR) is 233 cm³/mol. The molecule has 0 fully saturated rings. The third kappa shape index (κ3) is 45.0. The first kappa shape index (κ1) is 53.5. The third-order valence-electron chi connectivity index (χ3n) is 9.60.